The number of hydrogen-bond acceptors (Lipinski definition) is 4. The smallest absolute Gasteiger partial charge is 0.224 e. The molecule has 2 saturated heterocycles. The van der Waals surface area contributed by atoms with Gasteiger partial charge in [-0.05, 0) is 36.3 Å². The number of rotatable bonds is 4. The fraction of sp³-hybridized carbons (Fsp3) is 0.619. The molecule has 2 heterocycles. The summed E-state index contributed by atoms with van der Waals surface area (Å²) in [5.41, 5.74) is 2.55. The van der Waals surface area contributed by atoms with E-state index in [-0.39, 0.29) is 53.9 Å². The van der Waals surface area contributed by atoms with E-state index < -0.39 is 0 Å². The fourth-order valence-corrected chi connectivity index (χ4v) is 4.80. The van der Waals surface area contributed by atoms with Crippen molar-refractivity contribution >= 4 is 11.8 Å². The van der Waals surface area contributed by atoms with Gasteiger partial charge in [0, 0.05) is 11.8 Å². The Morgan fingerprint density at radius 3 is 2.22 bits per heavy atom. The summed E-state index contributed by atoms with van der Waals surface area (Å²) >= 11 is 0. The van der Waals surface area contributed by atoms with E-state index in [4.69, 9.17) is 9.47 Å². The summed E-state index contributed by atoms with van der Waals surface area (Å²) in [6.07, 6.45) is 2.39. The summed E-state index contributed by atoms with van der Waals surface area (Å²) in [5, 5.41) is 6.22. The van der Waals surface area contributed by atoms with Crippen molar-refractivity contribution in [2.75, 3.05) is 13.2 Å². The minimum Gasteiger partial charge on any atom is -0.371 e. The molecule has 1 aromatic rings. The maximum atomic E-state index is 12.9. The Kier molecular flexibility index (Phi) is 4.20. The van der Waals surface area contributed by atoms with Crippen LogP contribution >= 0.6 is 0 Å². The molecule has 0 radical (unpaired) electrons. The highest BCUT2D eigenvalue weighted by Gasteiger charge is 2.50. The van der Waals surface area contributed by atoms with Gasteiger partial charge in [-0.25, -0.2) is 0 Å². The molecule has 4 aliphatic rings. The first kappa shape index (κ1) is 17.2. The number of nitrogens with one attached hydrogen (secondary N) is 2. The summed E-state index contributed by atoms with van der Waals surface area (Å²) in [6, 6.07) is 8.04. The van der Waals surface area contributed by atoms with Crippen LogP contribution in [0.2, 0.25) is 0 Å². The molecule has 2 aliphatic carbocycles. The van der Waals surface area contributed by atoms with Gasteiger partial charge < -0.3 is 20.1 Å². The third-order valence-electron chi connectivity index (χ3n) is 6.58. The molecule has 6 atom stereocenters. The first-order valence-corrected chi connectivity index (χ1v) is 10.0. The minimum atomic E-state index is -0.183. The Bertz CT molecular complexity index is 762. The Labute approximate surface area is 159 Å². The van der Waals surface area contributed by atoms with E-state index in [9.17, 15) is 9.59 Å². The van der Waals surface area contributed by atoms with Crippen molar-refractivity contribution in [2.24, 2.45) is 11.8 Å². The number of ether oxygens (including phenoxy) is 2. The second-order valence-electron chi connectivity index (χ2n) is 8.40. The van der Waals surface area contributed by atoms with E-state index in [1.807, 2.05) is 12.1 Å². The van der Waals surface area contributed by atoms with Crippen LogP contribution in [0.25, 0.3) is 0 Å². The molecule has 0 aromatic heterocycles. The van der Waals surface area contributed by atoms with Crippen LogP contribution in [0.3, 0.4) is 0 Å². The molecule has 2 N–H and O–H groups in total. The van der Waals surface area contributed by atoms with Gasteiger partial charge in [-0.15, -0.1) is 0 Å². The predicted octanol–water partition coefficient (Wildman–Crippen LogP) is 1.14. The lowest BCUT2D eigenvalue weighted by Gasteiger charge is -2.22. The Morgan fingerprint density at radius 1 is 0.963 bits per heavy atom. The zero-order valence-corrected chi connectivity index (χ0v) is 15.5. The standard InChI is InChI=1S/C21H26N2O4/c1-11-14-5-3-2-4-13(14)8-15(11)21(25)23-17-10-27-18-16(9-26-19(17)18)22-20(24)12-6-7-12/h2-5,11-12,15-19H,6-10H2,1H3,(H,22,24)(H,23,25)/t11?,15?,16-,17-,18+,19+/m0/s1. The maximum absolute atomic E-state index is 12.9. The molecule has 6 heteroatoms. The lowest BCUT2D eigenvalue weighted by atomic mass is 9.93. The van der Waals surface area contributed by atoms with Crippen LogP contribution in [-0.2, 0) is 25.5 Å². The van der Waals surface area contributed by atoms with Crippen LogP contribution in [0.1, 0.15) is 36.8 Å². The van der Waals surface area contributed by atoms with E-state index in [0.29, 0.717) is 13.2 Å². The van der Waals surface area contributed by atoms with Crippen LogP contribution in [-0.4, -0.2) is 49.3 Å². The van der Waals surface area contributed by atoms with Gasteiger partial charge in [0.2, 0.25) is 11.8 Å². The van der Waals surface area contributed by atoms with Gasteiger partial charge in [-0.2, -0.15) is 0 Å². The van der Waals surface area contributed by atoms with E-state index in [1.165, 1.54) is 11.1 Å². The van der Waals surface area contributed by atoms with Crippen LogP contribution < -0.4 is 10.6 Å². The van der Waals surface area contributed by atoms with Crippen molar-refractivity contribution in [1.29, 1.82) is 0 Å². The number of fused-ring (bicyclic) bond motifs is 2. The first-order chi connectivity index (χ1) is 13.1. The molecule has 1 aromatic carbocycles. The lowest BCUT2D eigenvalue weighted by molar-refractivity contribution is -0.126. The summed E-state index contributed by atoms with van der Waals surface area (Å²) in [6.45, 7) is 3.01. The second kappa shape index (κ2) is 6.60. The van der Waals surface area contributed by atoms with E-state index in [1.54, 1.807) is 0 Å². The summed E-state index contributed by atoms with van der Waals surface area (Å²) < 4.78 is 11.8. The normalized spacial score (nSPS) is 36.9. The second-order valence-corrected chi connectivity index (χ2v) is 8.40. The fourth-order valence-electron chi connectivity index (χ4n) is 4.80. The average Bonchev–Trinajstić information content (AvgIpc) is 3.23. The highest BCUT2D eigenvalue weighted by atomic mass is 16.6. The molecule has 2 amide bonds. The molecule has 0 spiro atoms. The SMILES string of the molecule is CC1c2ccccc2CC1C(=O)N[C@H]1CO[C@H]2[C@@H]1OC[C@@H]2NC(=O)C1CC1. The van der Waals surface area contributed by atoms with E-state index >= 15 is 0 Å². The quantitative estimate of drug-likeness (QED) is 0.833. The topological polar surface area (TPSA) is 76.7 Å². The Morgan fingerprint density at radius 2 is 1.59 bits per heavy atom. The van der Waals surface area contributed by atoms with Crippen LogP contribution in [0, 0.1) is 11.8 Å². The van der Waals surface area contributed by atoms with E-state index in [2.05, 4.69) is 29.7 Å². The summed E-state index contributed by atoms with van der Waals surface area (Å²) in [4.78, 5) is 25.0. The molecule has 2 aliphatic heterocycles. The molecular weight excluding hydrogens is 344 g/mol. The number of hydrogen-bond donors (Lipinski definition) is 2. The van der Waals surface area contributed by atoms with Crippen molar-refractivity contribution in [3.8, 4) is 0 Å². The molecule has 0 bridgehead atoms. The zero-order valence-electron chi connectivity index (χ0n) is 15.5. The van der Waals surface area contributed by atoms with Gasteiger partial charge in [0.1, 0.15) is 12.2 Å². The van der Waals surface area contributed by atoms with Crippen molar-refractivity contribution in [2.45, 2.75) is 56.4 Å². The van der Waals surface area contributed by atoms with Crippen LogP contribution in [0.5, 0.6) is 0 Å². The largest absolute Gasteiger partial charge is 0.371 e. The van der Waals surface area contributed by atoms with Gasteiger partial charge >= 0.3 is 0 Å². The molecule has 2 unspecified atom stereocenters. The van der Waals surface area contributed by atoms with Gasteiger partial charge in [0.25, 0.3) is 0 Å². The minimum absolute atomic E-state index is 0.0479. The summed E-state index contributed by atoms with van der Waals surface area (Å²) in [7, 11) is 0. The molecule has 144 valence electrons. The van der Waals surface area contributed by atoms with Crippen molar-refractivity contribution < 1.29 is 19.1 Å². The van der Waals surface area contributed by atoms with Crippen LogP contribution in [0.4, 0.5) is 0 Å². The molecular formula is C21H26N2O4. The van der Waals surface area contributed by atoms with E-state index in [0.717, 1.165) is 19.3 Å². The van der Waals surface area contributed by atoms with Crippen molar-refractivity contribution in [3.05, 3.63) is 35.4 Å². The highest BCUT2D eigenvalue weighted by molar-refractivity contribution is 5.82. The van der Waals surface area contributed by atoms with Gasteiger partial charge in [0.05, 0.1) is 25.3 Å². The molecule has 3 fully saturated rings. The van der Waals surface area contributed by atoms with Crippen molar-refractivity contribution in [1.82, 2.24) is 10.6 Å². The number of carbonyl (C=O) groups excluding carboxylic acids is 2. The van der Waals surface area contributed by atoms with Crippen molar-refractivity contribution in [3.63, 3.8) is 0 Å². The predicted molar refractivity (Wildman–Crippen MR) is 98.1 cm³/mol. The molecule has 27 heavy (non-hydrogen) atoms. The first-order valence-electron chi connectivity index (χ1n) is 10.0. The maximum Gasteiger partial charge on any atom is 0.224 e. The molecule has 6 nitrogen and oxygen atoms in total. The van der Waals surface area contributed by atoms with Gasteiger partial charge in [-0.3, -0.25) is 9.59 Å². The number of carbonyl (C=O) groups is 2. The monoisotopic (exact) mass is 370 g/mol. The summed E-state index contributed by atoms with van der Waals surface area (Å²) in [5.74, 6) is 0.522. The third-order valence-corrected chi connectivity index (χ3v) is 6.58. The zero-order chi connectivity index (χ0) is 18.5. The average molecular weight is 370 g/mol. The Hall–Kier alpha value is -1.92. The molecule has 5 rings (SSSR count). The number of benzene rings is 1. The third kappa shape index (κ3) is 3.05. The Balaban J connectivity index is 1.20. The number of amides is 2. The van der Waals surface area contributed by atoms with Crippen LogP contribution in [0.15, 0.2) is 24.3 Å². The van der Waals surface area contributed by atoms with Gasteiger partial charge in [0.15, 0.2) is 0 Å². The lowest BCUT2D eigenvalue weighted by Crippen LogP contribution is -2.48. The molecule has 1 saturated carbocycles. The highest BCUT2D eigenvalue weighted by Crippen LogP contribution is 2.38. The van der Waals surface area contributed by atoms with Gasteiger partial charge in [-0.1, -0.05) is 31.2 Å².